The zero-order valence-corrected chi connectivity index (χ0v) is 31.7. The van der Waals surface area contributed by atoms with Gasteiger partial charge in [0.25, 0.3) is 17.8 Å². The van der Waals surface area contributed by atoms with E-state index in [1.165, 1.54) is 0 Å². The van der Waals surface area contributed by atoms with Crippen molar-refractivity contribution >= 4 is 32.9 Å². The molecule has 0 aliphatic heterocycles. The summed E-state index contributed by atoms with van der Waals surface area (Å²) in [6.07, 6.45) is 0. The largest absolute Gasteiger partial charge is 0.425 e. The number of furan rings is 3. The molecule has 0 unspecified atom stereocenters. The molecule has 6 aromatic carbocycles. The first-order chi connectivity index (χ1) is 26.7. The number of aryl methyl sites for hydroxylation is 6. The van der Waals surface area contributed by atoms with Crippen molar-refractivity contribution in [3.8, 4) is 35.1 Å². The van der Waals surface area contributed by atoms with Crippen molar-refractivity contribution in [2.24, 2.45) is 0 Å². The predicted molar refractivity (Wildman–Crippen MR) is 218 cm³/mol. The lowest BCUT2D eigenvalue weighted by atomic mass is 9.81. The second kappa shape index (κ2) is 13.6. The lowest BCUT2D eigenvalue weighted by Gasteiger charge is -2.24. The molecule has 0 saturated heterocycles. The lowest BCUT2D eigenvalue weighted by Crippen LogP contribution is -2.08. The van der Waals surface area contributed by atoms with E-state index in [4.69, 9.17) is 27.5 Å². The van der Waals surface area contributed by atoms with Crippen LogP contribution in [0.1, 0.15) is 56.0 Å². The molecule has 0 atom stereocenters. The third kappa shape index (κ3) is 6.50. The molecular formula is C49H40O6. The van der Waals surface area contributed by atoms with Crippen LogP contribution in [0, 0.1) is 41.5 Å². The van der Waals surface area contributed by atoms with Crippen molar-refractivity contribution in [1.29, 1.82) is 0 Å². The number of hydrogen-bond acceptors (Lipinski definition) is 6. The molecule has 6 nitrogen and oxygen atoms in total. The van der Waals surface area contributed by atoms with Crippen LogP contribution in [0.15, 0.2) is 141 Å². The molecule has 0 spiro atoms. The maximum absolute atomic E-state index is 6.42. The first-order valence-corrected chi connectivity index (χ1v) is 18.5. The molecule has 0 amide bonds. The van der Waals surface area contributed by atoms with Crippen molar-refractivity contribution in [3.63, 3.8) is 0 Å². The summed E-state index contributed by atoms with van der Waals surface area (Å²) in [6.45, 7) is 12.5. The van der Waals surface area contributed by atoms with E-state index in [2.05, 4.69) is 77.9 Å². The number of para-hydroxylation sites is 3. The van der Waals surface area contributed by atoms with Gasteiger partial charge in [0.05, 0.1) is 0 Å². The standard InChI is InChI=1S/C49H40O6/c1-28-19-37(20-29(2)47(28)53-43-25-34-13-7-10-16-40(34)50-43)46(38-21-30(3)48(31(4)22-38)54-44-26-35-14-8-11-17-41(35)51-44)39-23-32(5)49(33(6)24-39)55-45-27-36-15-9-12-18-42(36)52-45/h7-27,46H,1-6H3. The molecule has 0 bridgehead atoms. The van der Waals surface area contributed by atoms with E-state index in [0.717, 1.165) is 100 Å². The third-order valence-electron chi connectivity index (χ3n) is 10.3. The first kappa shape index (κ1) is 34.1. The first-order valence-electron chi connectivity index (χ1n) is 18.5. The highest BCUT2D eigenvalue weighted by atomic mass is 16.6. The Hall–Kier alpha value is -6.66. The van der Waals surface area contributed by atoms with E-state index >= 15 is 0 Å². The maximum Gasteiger partial charge on any atom is 0.291 e. The van der Waals surface area contributed by atoms with Gasteiger partial charge in [-0.1, -0.05) is 91.0 Å². The van der Waals surface area contributed by atoms with Crippen LogP contribution in [-0.4, -0.2) is 0 Å². The second-order valence-corrected chi connectivity index (χ2v) is 14.5. The monoisotopic (exact) mass is 724 g/mol. The summed E-state index contributed by atoms with van der Waals surface area (Å²) in [7, 11) is 0. The van der Waals surface area contributed by atoms with Gasteiger partial charge in [0.15, 0.2) is 0 Å². The van der Waals surface area contributed by atoms with Crippen molar-refractivity contribution in [3.05, 3.63) is 177 Å². The van der Waals surface area contributed by atoms with Crippen LogP contribution in [0.25, 0.3) is 32.9 Å². The topological polar surface area (TPSA) is 67.1 Å². The number of ether oxygens (including phenoxy) is 3. The van der Waals surface area contributed by atoms with Crippen LogP contribution in [0.4, 0.5) is 0 Å². The zero-order chi connectivity index (χ0) is 37.8. The third-order valence-corrected chi connectivity index (χ3v) is 10.3. The van der Waals surface area contributed by atoms with Crippen LogP contribution in [0.2, 0.25) is 0 Å². The van der Waals surface area contributed by atoms with Gasteiger partial charge in [-0.05, 0) is 110 Å². The Morgan fingerprint density at radius 2 is 0.600 bits per heavy atom. The fraction of sp³-hybridized carbons (Fsp3) is 0.143. The number of rotatable bonds is 9. The Morgan fingerprint density at radius 3 is 0.855 bits per heavy atom. The second-order valence-electron chi connectivity index (χ2n) is 14.5. The Balaban J connectivity index is 1.12. The summed E-state index contributed by atoms with van der Waals surface area (Å²) in [5.74, 6) is 3.63. The van der Waals surface area contributed by atoms with Crippen LogP contribution in [-0.2, 0) is 0 Å². The Bertz CT molecular complexity index is 2400. The molecule has 3 aromatic heterocycles. The number of hydrogen-bond donors (Lipinski definition) is 0. The van der Waals surface area contributed by atoms with Gasteiger partial charge in [-0.25, -0.2) is 0 Å². The minimum atomic E-state index is -0.118. The van der Waals surface area contributed by atoms with Crippen molar-refractivity contribution in [2.45, 2.75) is 47.5 Å². The van der Waals surface area contributed by atoms with E-state index in [1.807, 2.05) is 91.0 Å². The molecule has 3 heterocycles. The van der Waals surface area contributed by atoms with E-state index in [-0.39, 0.29) is 5.92 Å². The summed E-state index contributed by atoms with van der Waals surface area (Å²) in [6, 6.07) is 42.9. The molecular weight excluding hydrogens is 685 g/mol. The molecule has 0 radical (unpaired) electrons. The fourth-order valence-corrected chi connectivity index (χ4v) is 7.84. The minimum absolute atomic E-state index is 0.118. The van der Waals surface area contributed by atoms with E-state index in [1.54, 1.807) is 0 Å². The highest BCUT2D eigenvalue weighted by Crippen LogP contribution is 2.43. The summed E-state index contributed by atoms with van der Waals surface area (Å²) < 4.78 is 37.4. The minimum Gasteiger partial charge on any atom is -0.425 e. The Kier molecular flexibility index (Phi) is 8.46. The molecule has 0 N–H and O–H groups in total. The summed E-state index contributed by atoms with van der Waals surface area (Å²) in [5, 5.41) is 3.00. The van der Waals surface area contributed by atoms with Gasteiger partial charge >= 0.3 is 0 Å². The van der Waals surface area contributed by atoms with Gasteiger partial charge in [-0.2, -0.15) is 0 Å². The summed E-state index contributed by atoms with van der Waals surface area (Å²) in [5.41, 5.74) is 11.9. The predicted octanol–water partition coefficient (Wildman–Crippen LogP) is 14.3. The van der Waals surface area contributed by atoms with Gasteiger partial charge < -0.3 is 27.5 Å². The van der Waals surface area contributed by atoms with E-state index in [0.29, 0.717) is 17.8 Å². The van der Waals surface area contributed by atoms with Gasteiger partial charge in [0.2, 0.25) is 0 Å². The van der Waals surface area contributed by atoms with Crippen molar-refractivity contribution in [1.82, 2.24) is 0 Å². The van der Waals surface area contributed by atoms with Gasteiger partial charge in [0.1, 0.15) is 34.0 Å². The number of fused-ring (bicyclic) bond motifs is 3. The number of benzene rings is 6. The van der Waals surface area contributed by atoms with Crippen molar-refractivity contribution < 1.29 is 27.5 Å². The SMILES string of the molecule is Cc1cc(C(c2cc(C)c(Oc3cc4ccccc4o3)c(C)c2)c2cc(C)c(Oc3cc4ccccc4o3)c(C)c2)cc(C)c1Oc1cc2ccccc2o1. The van der Waals surface area contributed by atoms with Crippen LogP contribution < -0.4 is 14.2 Å². The summed E-state index contributed by atoms with van der Waals surface area (Å²) >= 11 is 0. The quantitative estimate of drug-likeness (QED) is 0.138. The highest BCUT2D eigenvalue weighted by molar-refractivity contribution is 5.80. The molecule has 0 fully saturated rings. The molecule has 0 aliphatic carbocycles. The maximum atomic E-state index is 6.42. The molecule has 0 aliphatic rings. The molecule has 55 heavy (non-hydrogen) atoms. The normalized spacial score (nSPS) is 11.6. The van der Waals surface area contributed by atoms with E-state index < -0.39 is 0 Å². The average molecular weight is 725 g/mol. The molecule has 6 heteroatoms. The fourth-order valence-electron chi connectivity index (χ4n) is 7.84. The van der Waals surface area contributed by atoms with E-state index in [9.17, 15) is 0 Å². The molecule has 9 aromatic rings. The van der Waals surface area contributed by atoms with Crippen LogP contribution in [0.3, 0.4) is 0 Å². The molecule has 272 valence electrons. The van der Waals surface area contributed by atoms with Crippen LogP contribution >= 0.6 is 0 Å². The van der Waals surface area contributed by atoms with Crippen molar-refractivity contribution in [2.75, 3.05) is 0 Å². The zero-order valence-electron chi connectivity index (χ0n) is 31.7. The Morgan fingerprint density at radius 1 is 0.345 bits per heavy atom. The van der Waals surface area contributed by atoms with Gasteiger partial charge in [0, 0.05) is 40.3 Å². The average Bonchev–Trinajstić information content (AvgIpc) is 3.89. The summed E-state index contributed by atoms with van der Waals surface area (Å²) in [4.78, 5) is 0. The molecule has 0 saturated carbocycles. The molecule has 9 rings (SSSR count). The van der Waals surface area contributed by atoms with Gasteiger partial charge in [-0.3, -0.25) is 0 Å². The highest BCUT2D eigenvalue weighted by Gasteiger charge is 2.24. The smallest absolute Gasteiger partial charge is 0.291 e. The van der Waals surface area contributed by atoms with Crippen LogP contribution in [0.5, 0.6) is 35.1 Å². The van der Waals surface area contributed by atoms with Gasteiger partial charge in [-0.15, -0.1) is 0 Å². The lowest BCUT2D eigenvalue weighted by molar-refractivity contribution is 0.356. The Labute approximate surface area is 319 Å².